The van der Waals surface area contributed by atoms with E-state index in [4.69, 9.17) is 9.47 Å². The molecule has 0 bridgehead atoms. The number of aliphatic carboxylic acids is 1. The molecule has 2 aliphatic heterocycles. The number of likely N-dealkylation sites (tertiary alicyclic amines) is 1. The number of unbranched alkanes of at least 4 members (excludes halogenated alkanes) is 2. The van der Waals surface area contributed by atoms with E-state index in [-0.39, 0.29) is 73.1 Å². The number of nitrogens with one attached hydrogen (secondary N) is 3. The molecule has 17 nitrogen and oxygen atoms in total. The summed E-state index contributed by atoms with van der Waals surface area (Å²) >= 11 is 0. The van der Waals surface area contributed by atoms with Gasteiger partial charge in [-0.1, -0.05) is 84.2 Å². The Morgan fingerprint density at radius 2 is 1.42 bits per heavy atom. The third kappa shape index (κ3) is 14.4. The fourth-order valence-corrected chi connectivity index (χ4v) is 9.73. The van der Waals surface area contributed by atoms with Crippen LogP contribution in [0.15, 0.2) is 42.5 Å². The van der Waals surface area contributed by atoms with E-state index in [2.05, 4.69) is 16.0 Å². The van der Waals surface area contributed by atoms with Gasteiger partial charge in [-0.25, -0.2) is 4.79 Å². The lowest BCUT2D eigenvalue weighted by Crippen LogP contribution is -2.60. The predicted molar refractivity (Wildman–Crippen MR) is 246 cm³/mol. The summed E-state index contributed by atoms with van der Waals surface area (Å²) in [7, 11) is 4.71. The van der Waals surface area contributed by atoms with Gasteiger partial charge in [-0.15, -0.1) is 0 Å². The average Bonchev–Trinajstić information content (AvgIpc) is 4.07. The molecular weight excluding hydrogens is 849 g/mol. The fourth-order valence-electron chi connectivity index (χ4n) is 9.73. The molecule has 0 radical (unpaired) electrons. The number of carboxylic acid groups (broad SMARTS) is 1. The average molecular weight is 923 g/mol. The number of carboxylic acids is 1. The van der Waals surface area contributed by atoms with Gasteiger partial charge in [0.2, 0.25) is 29.5 Å². The number of rotatable bonds is 26. The number of carbonyl (C=O) groups is 8. The molecule has 4 N–H and O–H groups in total. The Bertz CT molecular complexity index is 1850. The molecule has 1 aliphatic carbocycles. The van der Waals surface area contributed by atoms with Crippen LogP contribution < -0.4 is 16.0 Å². The molecule has 0 aromatic heterocycles. The highest BCUT2D eigenvalue weighted by molar-refractivity contribution is 6.12. The van der Waals surface area contributed by atoms with Gasteiger partial charge in [0.15, 0.2) is 0 Å². The smallest absolute Gasteiger partial charge is 0.326 e. The van der Waals surface area contributed by atoms with E-state index in [1.54, 1.807) is 48.0 Å². The number of methoxy groups -OCH3 is 2. The van der Waals surface area contributed by atoms with Crippen molar-refractivity contribution < 1.29 is 52.9 Å². The van der Waals surface area contributed by atoms with Crippen LogP contribution in [0, 0.1) is 23.7 Å². The van der Waals surface area contributed by atoms with Crippen LogP contribution in [0.5, 0.6) is 0 Å². The van der Waals surface area contributed by atoms with Crippen LogP contribution in [0.4, 0.5) is 0 Å². The van der Waals surface area contributed by atoms with E-state index >= 15 is 0 Å². The molecule has 1 saturated carbocycles. The molecule has 0 spiro atoms. The van der Waals surface area contributed by atoms with Crippen molar-refractivity contribution in [3.63, 3.8) is 0 Å². The SMILES string of the molecule is CO[C@H]([C@@H](C)C(=O)N[C@@H](Cc1ccccc1)C(=O)O)[C@@H]1CCCN1C(=O)C[C@@H](OC)[C@H](C1CCCC1)N(C)C(=O)[C@@H](NC(=O)[C@@H](NC(=O)CCCCCN1C(=O)C=CC1=O)C(C)C)C(C)C. The van der Waals surface area contributed by atoms with Crippen molar-refractivity contribution >= 4 is 47.3 Å². The minimum atomic E-state index is -1.16. The molecule has 3 aliphatic rings. The highest BCUT2D eigenvalue weighted by Crippen LogP contribution is 2.35. The number of amides is 7. The van der Waals surface area contributed by atoms with Gasteiger partial charge in [0.05, 0.1) is 36.6 Å². The van der Waals surface area contributed by atoms with Crippen LogP contribution in [0.1, 0.15) is 111 Å². The zero-order valence-corrected chi connectivity index (χ0v) is 40.2. The molecule has 366 valence electrons. The molecule has 17 heteroatoms. The monoisotopic (exact) mass is 923 g/mol. The van der Waals surface area contributed by atoms with Gasteiger partial charge in [-0.3, -0.25) is 38.5 Å². The summed E-state index contributed by atoms with van der Waals surface area (Å²) in [5, 5.41) is 18.4. The van der Waals surface area contributed by atoms with Gasteiger partial charge >= 0.3 is 5.97 Å². The van der Waals surface area contributed by atoms with Gasteiger partial charge in [-0.2, -0.15) is 0 Å². The van der Waals surface area contributed by atoms with E-state index in [9.17, 15) is 43.5 Å². The van der Waals surface area contributed by atoms with Crippen LogP contribution in [0.3, 0.4) is 0 Å². The lowest BCUT2D eigenvalue weighted by atomic mass is 9.88. The van der Waals surface area contributed by atoms with E-state index in [0.717, 1.165) is 36.1 Å². The molecule has 4 rings (SSSR count). The summed E-state index contributed by atoms with van der Waals surface area (Å²) in [6.45, 7) is 9.69. The van der Waals surface area contributed by atoms with E-state index in [1.165, 1.54) is 26.4 Å². The van der Waals surface area contributed by atoms with E-state index in [1.807, 2.05) is 33.8 Å². The quantitative estimate of drug-likeness (QED) is 0.0777. The largest absolute Gasteiger partial charge is 0.480 e. The van der Waals surface area contributed by atoms with Crippen LogP contribution in [-0.2, 0) is 54.3 Å². The van der Waals surface area contributed by atoms with Crippen LogP contribution >= 0.6 is 0 Å². The van der Waals surface area contributed by atoms with E-state index < -0.39 is 66.1 Å². The lowest BCUT2D eigenvalue weighted by molar-refractivity contribution is -0.148. The molecule has 7 amide bonds. The zero-order chi connectivity index (χ0) is 48.7. The summed E-state index contributed by atoms with van der Waals surface area (Å²) < 4.78 is 12.0. The number of carbonyl (C=O) groups excluding carboxylic acids is 7. The normalized spacial score (nSPS) is 19.6. The third-order valence-corrected chi connectivity index (χ3v) is 13.5. The first-order chi connectivity index (χ1) is 31.4. The molecule has 1 saturated heterocycles. The van der Waals surface area contributed by atoms with Crippen molar-refractivity contribution in [3.8, 4) is 0 Å². The van der Waals surface area contributed by atoms with Gasteiger partial charge in [-0.05, 0) is 61.8 Å². The summed E-state index contributed by atoms with van der Waals surface area (Å²) in [5.41, 5.74) is 0.767. The summed E-state index contributed by atoms with van der Waals surface area (Å²) in [4.78, 5) is 110. The van der Waals surface area contributed by atoms with Gasteiger partial charge in [0.1, 0.15) is 18.1 Å². The molecule has 8 atom stereocenters. The number of hydrogen-bond donors (Lipinski definition) is 4. The lowest BCUT2D eigenvalue weighted by Gasteiger charge is -2.41. The Labute approximate surface area is 390 Å². The van der Waals surface area contributed by atoms with Crippen molar-refractivity contribution in [1.82, 2.24) is 30.7 Å². The van der Waals surface area contributed by atoms with Crippen LogP contribution in [0.2, 0.25) is 0 Å². The Hall–Kier alpha value is -5.16. The van der Waals surface area contributed by atoms with Gasteiger partial charge in [0.25, 0.3) is 11.8 Å². The molecule has 2 heterocycles. The van der Waals surface area contributed by atoms with Crippen LogP contribution in [0.25, 0.3) is 0 Å². The summed E-state index contributed by atoms with van der Waals surface area (Å²) in [6, 6.07) is 5.06. The second kappa shape index (κ2) is 25.7. The summed E-state index contributed by atoms with van der Waals surface area (Å²) in [6.07, 6.45) is 7.73. The Kier molecular flexibility index (Phi) is 20.8. The first kappa shape index (κ1) is 53.5. The van der Waals surface area contributed by atoms with Crippen molar-refractivity contribution in [2.45, 2.75) is 154 Å². The number of ether oxygens (including phenoxy) is 2. The third-order valence-electron chi connectivity index (χ3n) is 13.5. The standard InChI is InChI=1S/C49H74N6O11/c1-30(2)42(51-38(56)23-13-10-16-26-55-39(57)24-25-40(55)58)47(61)52-43(31(3)4)48(62)53(6)44(34-20-14-15-21-34)37(65-7)29-41(59)54-27-17-22-36(54)45(66-8)32(5)46(60)50-35(49(63)64)28-33-18-11-9-12-19-33/h9,11-12,18-19,24-25,30-32,34-37,42-45H,10,13-17,20-23,26-29H2,1-8H3,(H,50,60)(H,51,56)(H,52,61)(H,63,64)/t32-,35+,36+,37-,42+,43+,44+,45-/m1/s1. The molecule has 1 aromatic rings. The minimum Gasteiger partial charge on any atom is -0.480 e. The first-order valence-electron chi connectivity index (χ1n) is 23.7. The molecule has 1 aromatic carbocycles. The number of imide groups is 1. The molecule has 0 unspecified atom stereocenters. The van der Waals surface area contributed by atoms with Crippen molar-refractivity contribution in [2.24, 2.45) is 23.7 Å². The van der Waals surface area contributed by atoms with Crippen molar-refractivity contribution in [1.29, 1.82) is 0 Å². The van der Waals surface area contributed by atoms with E-state index in [0.29, 0.717) is 38.6 Å². The number of nitrogens with zero attached hydrogens (tertiary/aromatic N) is 3. The molecule has 66 heavy (non-hydrogen) atoms. The Morgan fingerprint density at radius 3 is 2.00 bits per heavy atom. The topological polar surface area (TPSA) is 221 Å². The highest BCUT2D eigenvalue weighted by Gasteiger charge is 2.44. The maximum atomic E-state index is 14.6. The fraction of sp³-hybridized carbons (Fsp3) is 0.673. The number of benzene rings is 1. The predicted octanol–water partition coefficient (Wildman–Crippen LogP) is 3.63. The van der Waals surface area contributed by atoms with Gasteiger partial charge < -0.3 is 40.3 Å². The number of likely N-dealkylation sites (N-methyl/N-ethyl adjacent to an activating group) is 1. The maximum Gasteiger partial charge on any atom is 0.326 e. The zero-order valence-electron chi connectivity index (χ0n) is 40.2. The molecule has 2 fully saturated rings. The Morgan fingerprint density at radius 1 is 0.788 bits per heavy atom. The second-order valence-electron chi connectivity index (χ2n) is 18.8. The van der Waals surface area contributed by atoms with Crippen LogP contribution in [-0.4, -0.2) is 144 Å². The highest BCUT2D eigenvalue weighted by atomic mass is 16.5. The van der Waals surface area contributed by atoms with Crippen molar-refractivity contribution in [3.05, 3.63) is 48.0 Å². The Balaban J connectivity index is 1.41. The second-order valence-corrected chi connectivity index (χ2v) is 18.8. The maximum absolute atomic E-state index is 14.6. The molecular formula is C49H74N6O11. The van der Waals surface area contributed by atoms with Crippen molar-refractivity contribution in [2.75, 3.05) is 34.4 Å². The first-order valence-corrected chi connectivity index (χ1v) is 23.7. The van der Waals surface area contributed by atoms with Gasteiger partial charge in [0, 0.05) is 59.4 Å². The summed E-state index contributed by atoms with van der Waals surface area (Å²) in [5.74, 6) is -5.09. The minimum absolute atomic E-state index is 0.0267. The number of hydrogen-bond acceptors (Lipinski definition) is 10.